The van der Waals surface area contributed by atoms with Crippen molar-refractivity contribution in [2.75, 3.05) is 0 Å². The summed E-state index contributed by atoms with van der Waals surface area (Å²) >= 11 is 0. The average molecular weight is 109 g/mol. The lowest BCUT2D eigenvalue weighted by Gasteiger charge is -1.77. The summed E-state index contributed by atoms with van der Waals surface area (Å²) in [7, 11) is 0. The summed E-state index contributed by atoms with van der Waals surface area (Å²) in [5, 5.41) is 3.52. The lowest BCUT2D eigenvalue weighted by molar-refractivity contribution is 0.419. The Balaban J connectivity index is 2.62. The van der Waals surface area contributed by atoms with E-state index in [2.05, 4.69) is 16.3 Å². The summed E-state index contributed by atoms with van der Waals surface area (Å²) < 4.78 is 4.57. The van der Waals surface area contributed by atoms with Gasteiger partial charge < -0.3 is 4.52 Å². The Labute approximate surface area is 47.8 Å². The van der Waals surface area contributed by atoms with Gasteiger partial charge in [-0.25, -0.2) is 0 Å². The number of nitrogens with zero attached hydrogens (tertiary/aromatic N) is 1. The number of aromatic nitrogens is 1. The highest BCUT2D eigenvalue weighted by Crippen LogP contribution is 1.96. The minimum Gasteiger partial charge on any atom is -0.364 e. The van der Waals surface area contributed by atoms with Gasteiger partial charge in [0.2, 0.25) is 0 Å². The lowest BCUT2D eigenvalue weighted by Crippen LogP contribution is -1.70. The van der Waals surface area contributed by atoms with E-state index in [4.69, 9.17) is 0 Å². The molecule has 0 bridgehead atoms. The van der Waals surface area contributed by atoms with Gasteiger partial charge in [0.15, 0.2) is 0 Å². The molecule has 8 heavy (non-hydrogen) atoms. The van der Waals surface area contributed by atoms with E-state index in [9.17, 15) is 0 Å². The normalized spacial score (nSPS) is 9.00. The first-order chi connectivity index (χ1) is 3.93. The van der Waals surface area contributed by atoms with Gasteiger partial charge in [0.1, 0.15) is 6.26 Å². The summed E-state index contributed by atoms with van der Waals surface area (Å²) in [5.74, 6) is 0. The van der Waals surface area contributed by atoms with E-state index < -0.39 is 0 Å². The predicted molar refractivity (Wildman–Crippen MR) is 30.4 cm³/mol. The number of allylic oxidation sites excluding steroid dienone is 1. The highest BCUT2D eigenvalue weighted by atomic mass is 16.5. The molecule has 1 rings (SSSR count). The zero-order chi connectivity index (χ0) is 5.82. The fourth-order valence-electron chi connectivity index (χ4n) is 0.494. The van der Waals surface area contributed by atoms with E-state index in [0.717, 1.165) is 12.0 Å². The third-order valence-electron chi connectivity index (χ3n) is 0.864. The Kier molecular flexibility index (Phi) is 1.47. The first kappa shape index (κ1) is 5.09. The highest BCUT2D eigenvalue weighted by Gasteiger charge is 1.87. The van der Waals surface area contributed by atoms with E-state index in [-0.39, 0.29) is 0 Å². The molecule has 0 unspecified atom stereocenters. The molecular formula is C6H7NO. The molecular weight excluding hydrogens is 102 g/mol. The molecule has 0 aliphatic heterocycles. The van der Waals surface area contributed by atoms with Crippen LogP contribution >= 0.6 is 0 Å². The maximum absolute atomic E-state index is 4.57. The van der Waals surface area contributed by atoms with E-state index >= 15 is 0 Å². The molecule has 0 saturated carbocycles. The van der Waals surface area contributed by atoms with Gasteiger partial charge in [-0.1, -0.05) is 11.2 Å². The van der Waals surface area contributed by atoms with Gasteiger partial charge in [-0.2, -0.15) is 0 Å². The van der Waals surface area contributed by atoms with Gasteiger partial charge in [0.25, 0.3) is 0 Å². The van der Waals surface area contributed by atoms with Crippen LogP contribution in [-0.4, -0.2) is 5.16 Å². The van der Waals surface area contributed by atoms with E-state index in [0.29, 0.717) is 0 Å². The van der Waals surface area contributed by atoms with Crippen molar-refractivity contribution < 1.29 is 4.52 Å². The second-order valence-electron chi connectivity index (χ2n) is 1.53. The van der Waals surface area contributed by atoms with Gasteiger partial charge >= 0.3 is 0 Å². The van der Waals surface area contributed by atoms with Crippen LogP contribution < -0.4 is 0 Å². The van der Waals surface area contributed by atoms with Crippen LogP contribution in [0.4, 0.5) is 0 Å². The van der Waals surface area contributed by atoms with Crippen LogP contribution in [0, 0.1) is 0 Å². The third kappa shape index (κ3) is 0.964. The van der Waals surface area contributed by atoms with Crippen molar-refractivity contribution in [3.8, 4) is 0 Å². The van der Waals surface area contributed by atoms with Crippen LogP contribution in [0.15, 0.2) is 29.6 Å². The zero-order valence-corrected chi connectivity index (χ0v) is 4.50. The molecule has 0 aliphatic rings. The van der Waals surface area contributed by atoms with Gasteiger partial charge in [0, 0.05) is 5.56 Å². The lowest BCUT2D eigenvalue weighted by atomic mass is 10.3. The predicted octanol–water partition coefficient (Wildman–Crippen LogP) is 1.40. The third-order valence-corrected chi connectivity index (χ3v) is 0.864. The van der Waals surface area contributed by atoms with Crippen LogP contribution in [0.2, 0.25) is 0 Å². The summed E-state index contributed by atoms with van der Waals surface area (Å²) in [5.41, 5.74) is 1.07. The molecule has 0 radical (unpaired) electrons. The van der Waals surface area contributed by atoms with Gasteiger partial charge in [0.05, 0.1) is 6.20 Å². The van der Waals surface area contributed by atoms with Crippen molar-refractivity contribution >= 4 is 0 Å². The van der Waals surface area contributed by atoms with Crippen LogP contribution in [-0.2, 0) is 6.42 Å². The molecule has 0 atom stereocenters. The van der Waals surface area contributed by atoms with Crippen LogP contribution in [0.1, 0.15) is 5.56 Å². The summed E-state index contributed by atoms with van der Waals surface area (Å²) in [4.78, 5) is 0. The first-order valence-corrected chi connectivity index (χ1v) is 2.42. The second kappa shape index (κ2) is 2.31. The van der Waals surface area contributed by atoms with Crippen molar-refractivity contribution in [1.29, 1.82) is 0 Å². The molecule has 1 aromatic rings. The molecule has 0 amide bonds. The van der Waals surface area contributed by atoms with E-state index in [1.807, 2.05) is 6.08 Å². The smallest absolute Gasteiger partial charge is 0.127 e. The Bertz CT molecular complexity index is 155. The van der Waals surface area contributed by atoms with Gasteiger partial charge in [-0.15, -0.1) is 6.58 Å². The molecule has 2 heteroatoms. The molecule has 0 N–H and O–H groups in total. The maximum Gasteiger partial charge on any atom is 0.127 e. The number of hydrogen-bond donors (Lipinski definition) is 0. The Morgan fingerprint density at radius 1 is 1.88 bits per heavy atom. The molecule has 2 nitrogen and oxygen atoms in total. The van der Waals surface area contributed by atoms with Crippen LogP contribution in [0.3, 0.4) is 0 Å². The Morgan fingerprint density at radius 3 is 3.25 bits per heavy atom. The molecule has 0 saturated heterocycles. The molecule has 0 aromatic carbocycles. The topological polar surface area (TPSA) is 26.0 Å². The van der Waals surface area contributed by atoms with Crippen molar-refractivity contribution in [2.24, 2.45) is 0 Å². The molecule has 0 aliphatic carbocycles. The summed E-state index contributed by atoms with van der Waals surface area (Å²) in [6, 6.07) is 0. The van der Waals surface area contributed by atoms with E-state index in [1.165, 1.54) is 0 Å². The minimum atomic E-state index is 0.837. The fraction of sp³-hybridized carbons (Fsp3) is 0.167. The van der Waals surface area contributed by atoms with Crippen molar-refractivity contribution in [2.45, 2.75) is 6.42 Å². The molecule has 42 valence electrons. The Hall–Kier alpha value is -1.05. The van der Waals surface area contributed by atoms with Crippen molar-refractivity contribution in [3.63, 3.8) is 0 Å². The molecule has 1 aromatic heterocycles. The minimum absolute atomic E-state index is 0.837. The average Bonchev–Trinajstić information content (AvgIpc) is 2.19. The Morgan fingerprint density at radius 2 is 2.75 bits per heavy atom. The summed E-state index contributed by atoms with van der Waals surface area (Å²) in [6.45, 7) is 3.57. The number of rotatable bonds is 2. The maximum atomic E-state index is 4.57. The fourth-order valence-corrected chi connectivity index (χ4v) is 0.494. The standard InChI is InChI=1S/C6H7NO/c1-2-3-6-4-7-8-5-6/h2,4-5H,1,3H2. The first-order valence-electron chi connectivity index (χ1n) is 2.42. The van der Waals surface area contributed by atoms with Crippen molar-refractivity contribution in [3.05, 3.63) is 30.7 Å². The quantitative estimate of drug-likeness (QED) is 0.536. The van der Waals surface area contributed by atoms with Gasteiger partial charge in [-0.05, 0) is 6.42 Å². The molecule has 0 fully saturated rings. The molecule has 0 spiro atoms. The monoisotopic (exact) mass is 109 g/mol. The van der Waals surface area contributed by atoms with Gasteiger partial charge in [-0.3, -0.25) is 0 Å². The molecule has 1 heterocycles. The van der Waals surface area contributed by atoms with E-state index in [1.54, 1.807) is 12.5 Å². The van der Waals surface area contributed by atoms with Crippen molar-refractivity contribution in [1.82, 2.24) is 5.16 Å². The summed E-state index contributed by atoms with van der Waals surface area (Å²) in [6.07, 6.45) is 5.94. The van der Waals surface area contributed by atoms with Crippen LogP contribution in [0.5, 0.6) is 0 Å². The van der Waals surface area contributed by atoms with Crippen LogP contribution in [0.25, 0.3) is 0 Å². The zero-order valence-electron chi connectivity index (χ0n) is 4.50. The second-order valence-corrected chi connectivity index (χ2v) is 1.53. The highest BCUT2D eigenvalue weighted by molar-refractivity contribution is 5.04. The largest absolute Gasteiger partial charge is 0.364 e. The SMILES string of the molecule is C=CCc1cnoc1. The number of hydrogen-bond acceptors (Lipinski definition) is 2.